The van der Waals surface area contributed by atoms with Crippen molar-refractivity contribution in [3.05, 3.63) is 58.3 Å². The highest BCUT2D eigenvalue weighted by atomic mass is 32.1. The van der Waals surface area contributed by atoms with Crippen LogP contribution in [0.4, 0.5) is 0 Å². The summed E-state index contributed by atoms with van der Waals surface area (Å²) in [6.07, 6.45) is 2.50. The zero-order valence-corrected chi connectivity index (χ0v) is 12.8. The van der Waals surface area contributed by atoms with Crippen molar-refractivity contribution in [2.75, 3.05) is 19.6 Å². The van der Waals surface area contributed by atoms with Crippen LogP contribution in [0, 0.1) is 0 Å². The van der Waals surface area contributed by atoms with Gasteiger partial charge in [-0.2, -0.15) is 11.3 Å². The molecule has 1 saturated heterocycles. The van der Waals surface area contributed by atoms with Crippen LogP contribution in [0.25, 0.3) is 0 Å². The molecule has 2 aromatic rings. The van der Waals surface area contributed by atoms with Gasteiger partial charge in [-0.1, -0.05) is 30.3 Å². The lowest BCUT2D eigenvalue weighted by Crippen LogP contribution is -2.36. The first-order valence-electron chi connectivity index (χ1n) is 7.44. The largest absolute Gasteiger partial charge is 0.350 e. The summed E-state index contributed by atoms with van der Waals surface area (Å²) in [5.74, 6) is 0.0244. The van der Waals surface area contributed by atoms with E-state index in [4.69, 9.17) is 0 Å². The summed E-state index contributed by atoms with van der Waals surface area (Å²) < 4.78 is 0. The number of nitrogens with one attached hydrogen (secondary N) is 1. The molecule has 4 heteroatoms. The fourth-order valence-corrected chi connectivity index (χ4v) is 3.51. The van der Waals surface area contributed by atoms with Gasteiger partial charge in [0.1, 0.15) is 0 Å². The number of carbonyl (C=O) groups is 1. The summed E-state index contributed by atoms with van der Waals surface area (Å²) in [4.78, 5) is 14.6. The van der Waals surface area contributed by atoms with Crippen molar-refractivity contribution >= 4 is 17.2 Å². The van der Waals surface area contributed by atoms with Crippen LogP contribution in [0.5, 0.6) is 0 Å². The minimum atomic E-state index is 0.0244. The SMILES string of the molecule is O=C(NCC(c1ccccc1)N1CCCC1)c1ccsc1. The molecule has 0 spiro atoms. The van der Waals surface area contributed by atoms with Crippen LogP contribution in [0.3, 0.4) is 0 Å². The van der Waals surface area contributed by atoms with Crippen molar-refractivity contribution in [3.63, 3.8) is 0 Å². The van der Waals surface area contributed by atoms with Gasteiger partial charge >= 0.3 is 0 Å². The van der Waals surface area contributed by atoms with Gasteiger partial charge < -0.3 is 5.32 Å². The van der Waals surface area contributed by atoms with E-state index in [0.29, 0.717) is 6.54 Å². The molecule has 1 aromatic carbocycles. The van der Waals surface area contributed by atoms with Crippen LogP contribution in [0.15, 0.2) is 47.2 Å². The van der Waals surface area contributed by atoms with Gasteiger partial charge in [0.15, 0.2) is 0 Å². The van der Waals surface area contributed by atoms with Crippen LogP contribution in [-0.2, 0) is 0 Å². The molecule has 110 valence electrons. The second kappa shape index (κ2) is 6.87. The summed E-state index contributed by atoms with van der Waals surface area (Å²) in [7, 11) is 0. The first-order chi connectivity index (χ1) is 10.3. The molecule has 1 amide bonds. The van der Waals surface area contributed by atoms with Crippen LogP contribution >= 0.6 is 11.3 Å². The Kier molecular flexibility index (Phi) is 4.68. The Hall–Kier alpha value is -1.65. The first kappa shape index (κ1) is 14.3. The molecule has 3 rings (SSSR count). The molecule has 1 unspecified atom stereocenters. The lowest BCUT2D eigenvalue weighted by Gasteiger charge is -2.28. The Balaban J connectivity index is 1.69. The molecular formula is C17H20N2OS. The van der Waals surface area contributed by atoms with E-state index in [1.807, 2.05) is 22.9 Å². The third kappa shape index (κ3) is 3.52. The number of carbonyl (C=O) groups excluding carboxylic acids is 1. The highest BCUT2D eigenvalue weighted by molar-refractivity contribution is 7.08. The summed E-state index contributed by atoms with van der Waals surface area (Å²) in [5, 5.41) is 6.91. The molecule has 0 aliphatic carbocycles. The Labute approximate surface area is 129 Å². The molecule has 1 atom stereocenters. The monoisotopic (exact) mass is 300 g/mol. The number of hydrogen-bond acceptors (Lipinski definition) is 3. The molecule has 21 heavy (non-hydrogen) atoms. The zero-order valence-electron chi connectivity index (χ0n) is 12.0. The second-order valence-corrected chi connectivity index (χ2v) is 6.17. The molecule has 1 fully saturated rings. The van der Waals surface area contributed by atoms with E-state index in [1.54, 1.807) is 11.3 Å². The first-order valence-corrected chi connectivity index (χ1v) is 8.38. The highest BCUT2D eigenvalue weighted by Gasteiger charge is 2.23. The van der Waals surface area contributed by atoms with Crippen molar-refractivity contribution in [1.82, 2.24) is 10.2 Å². The summed E-state index contributed by atoms with van der Waals surface area (Å²) in [5.41, 5.74) is 2.04. The average Bonchev–Trinajstić information content (AvgIpc) is 3.22. The van der Waals surface area contributed by atoms with Crippen molar-refractivity contribution in [1.29, 1.82) is 0 Å². The molecule has 1 aliphatic heterocycles. The van der Waals surface area contributed by atoms with Crippen LogP contribution in [0.1, 0.15) is 34.8 Å². The maximum atomic E-state index is 12.1. The van der Waals surface area contributed by atoms with E-state index < -0.39 is 0 Å². The lowest BCUT2D eigenvalue weighted by molar-refractivity contribution is 0.0938. The Bertz CT molecular complexity index is 562. The third-order valence-electron chi connectivity index (χ3n) is 4.01. The number of amides is 1. The van der Waals surface area contributed by atoms with Crippen molar-refractivity contribution in [2.45, 2.75) is 18.9 Å². The van der Waals surface area contributed by atoms with E-state index in [9.17, 15) is 4.79 Å². The quantitative estimate of drug-likeness (QED) is 0.919. The molecule has 2 heterocycles. The van der Waals surface area contributed by atoms with Gasteiger partial charge in [-0.25, -0.2) is 0 Å². The predicted molar refractivity (Wildman–Crippen MR) is 86.6 cm³/mol. The third-order valence-corrected chi connectivity index (χ3v) is 4.69. The molecule has 0 bridgehead atoms. The average molecular weight is 300 g/mol. The minimum absolute atomic E-state index is 0.0244. The normalized spacial score (nSPS) is 16.8. The fraction of sp³-hybridized carbons (Fsp3) is 0.353. The predicted octanol–water partition coefficient (Wildman–Crippen LogP) is 3.32. The van der Waals surface area contributed by atoms with Gasteiger partial charge in [-0.3, -0.25) is 9.69 Å². The Morgan fingerprint density at radius 1 is 1.19 bits per heavy atom. The van der Waals surface area contributed by atoms with Gasteiger partial charge in [0.2, 0.25) is 0 Å². The number of hydrogen-bond donors (Lipinski definition) is 1. The molecular weight excluding hydrogens is 280 g/mol. The summed E-state index contributed by atoms with van der Waals surface area (Å²) >= 11 is 1.55. The van der Waals surface area contributed by atoms with Crippen molar-refractivity contribution < 1.29 is 4.79 Å². The van der Waals surface area contributed by atoms with E-state index >= 15 is 0 Å². The van der Waals surface area contributed by atoms with Gasteiger partial charge in [-0.15, -0.1) is 0 Å². The van der Waals surface area contributed by atoms with Gasteiger partial charge in [0, 0.05) is 17.5 Å². The summed E-state index contributed by atoms with van der Waals surface area (Å²) in [6.45, 7) is 2.90. The van der Waals surface area contributed by atoms with E-state index in [-0.39, 0.29) is 11.9 Å². The van der Waals surface area contributed by atoms with Gasteiger partial charge in [0.25, 0.3) is 5.91 Å². The molecule has 1 N–H and O–H groups in total. The van der Waals surface area contributed by atoms with E-state index in [2.05, 4.69) is 34.5 Å². The van der Waals surface area contributed by atoms with Gasteiger partial charge in [-0.05, 0) is 42.9 Å². The van der Waals surface area contributed by atoms with Gasteiger partial charge in [0.05, 0.1) is 6.04 Å². The zero-order chi connectivity index (χ0) is 14.5. The number of thiophene rings is 1. The number of nitrogens with zero attached hydrogens (tertiary/aromatic N) is 1. The number of likely N-dealkylation sites (tertiary alicyclic amines) is 1. The standard InChI is InChI=1S/C17H20N2OS/c20-17(15-8-11-21-13-15)18-12-16(19-9-4-5-10-19)14-6-2-1-3-7-14/h1-3,6-8,11,13,16H,4-5,9-10,12H2,(H,18,20). The smallest absolute Gasteiger partial charge is 0.252 e. The maximum Gasteiger partial charge on any atom is 0.252 e. The lowest BCUT2D eigenvalue weighted by atomic mass is 10.1. The molecule has 0 saturated carbocycles. The highest BCUT2D eigenvalue weighted by Crippen LogP contribution is 2.24. The van der Waals surface area contributed by atoms with E-state index in [0.717, 1.165) is 18.7 Å². The van der Waals surface area contributed by atoms with E-state index in [1.165, 1.54) is 18.4 Å². The fourth-order valence-electron chi connectivity index (χ4n) is 2.87. The second-order valence-electron chi connectivity index (χ2n) is 5.39. The summed E-state index contributed by atoms with van der Waals surface area (Å²) in [6, 6.07) is 12.6. The topological polar surface area (TPSA) is 32.3 Å². The maximum absolute atomic E-state index is 12.1. The Morgan fingerprint density at radius 2 is 1.95 bits per heavy atom. The molecule has 0 radical (unpaired) electrons. The Morgan fingerprint density at radius 3 is 2.62 bits per heavy atom. The number of rotatable bonds is 5. The van der Waals surface area contributed by atoms with Crippen LogP contribution in [-0.4, -0.2) is 30.4 Å². The van der Waals surface area contributed by atoms with Crippen molar-refractivity contribution in [3.8, 4) is 0 Å². The molecule has 1 aromatic heterocycles. The van der Waals surface area contributed by atoms with Crippen LogP contribution in [0.2, 0.25) is 0 Å². The van der Waals surface area contributed by atoms with Crippen LogP contribution < -0.4 is 5.32 Å². The minimum Gasteiger partial charge on any atom is -0.350 e. The number of benzene rings is 1. The molecule has 3 nitrogen and oxygen atoms in total. The van der Waals surface area contributed by atoms with Crippen molar-refractivity contribution in [2.24, 2.45) is 0 Å². The molecule has 1 aliphatic rings.